The molecule has 0 radical (unpaired) electrons. The number of nitrogens with one attached hydrogen (secondary N) is 1. The molecule has 5 heteroatoms. The minimum absolute atomic E-state index is 0.616. The lowest BCUT2D eigenvalue weighted by Crippen LogP contribution is -2.27. The summed E-state index contributed by atoms with van der Waals surface area (Å²) in [5, 5.41) is 3.40. The Kier molecular flexibility index (Phi) is 6.12. The third kappa shape index (κ3) is 4.43. The van der Waals surface area contributed by atoms with E-state index in [2.05, 4.69) is 71.9 Å². The van der Waals surface area contributed by atoms with E-state index in [1.807, 2.05) is 6.92 Å². The van der Waals surface area contributed by atoms with Crippen molar-refractivity contribution in [1.29, 1.82) is 0 Å². The van der Waals surface area contributed by atoms with Gasteiger partial charge in [0, 0.05) is 18.8 Å². The molecule has 0 atom stereocenters. The highest BCUT2D eigenvalue weighted by Crippen LogP contribution is 2.25. The van der Waals surface area contributed by atoms with E-state index in [-0.39, 0.29) is 0 Å². The Morgan fingerprint density at radius 2 is 1.46 bits per heavy atom. The van der Waals surface area contributed by atoms with Crippen molar-refractivity contribution in [3.63, 3.8) is 0 Å². The number of hydrogen-bond donors (Lipinski definition) is 1. The van der Waals surface area contributed by atoms with Gasteiger partial charge in [-0.25, -0.2) is 0 Å². The van der Waals surface area contributed by atoms with Crippen LogP contribution in [-0.4, -0.2) is 28.0 Å². The summed E-state index contributed by atoms with van der Waals surface area (Å²) in [4.78, 5) is 15.9. The monoisotopic (exact) mass is 327 g/mol. The van der Waals surface area contributed by atoms with Crippen LogP contribution in [0.3, 0.4) is 0 Å². The number of nitrogens with zero attached hydrogens (tertiary/aromatic N) is 4. The van der Waals surface area contributed by atoms with Crippen molar-refractivity contribution in [2.45, 2.75) is 54.4 Å². The quantitative estimate of drug-likeness (QED) is 0.813. The van der Waals surface area contributed by atoms with E-state index in [4.69, 9.17) is 0 Å². The van der Waals surface area contributed by atoms with Crippen LogP contribution in [0.15, 0.2) is 12.1 Å². The summed E-state index contributed by atoms with van der Waals surface area (Å²) < 4.78 is 0. The van der Waals surface area contributed by atoms with Crippen molar-refractivity contribution < 1.29 is 0 Å². The topological polar surface area (TPSA) is 53.9 Å². The predicted molar refractivity (Wildman–Crippen MR) is 101 cm³/mol. The van der Waals surface area contributed by atoms with Crippen molar-refractivity contribution in [2.24, 2.45) is 0 Å². The highest BCUT2D eigenvalue weighted by atomic mass is 15.3. The van der Waals surface area contributed by atoms with E-state index in [1.165, 1.54) is 16.7 Å². The van der Waals surface area contributed by atoms with Gasteiger partial charge in [0.25, 0.3) is 0 Å². The summed E-state index contributed by atoms with van der Waals surface area (Å²) >= 11 is 0. The second-order valence-corrected chi connectivity index (χ2v) is 6.39. The fourth-order valence-electron chi connectivity index (χ4n) is 3.01. The summed E-state index contributed by atoms with van der Waals surface area (Å²) in [6, 6.07) is 4.34. The van der Waals surface area contributed by atoms with Gasteiger partial charge in [0.15, 0.2) is 0 Å². The first-order valence-electron chi connectivity index (χ1n) is 8.77. The molecule has 0 aliphatic rings. The molecule has 0 unspecified atom stereocenters. The van der Waals surface area contributed by atoms with Gasteiger partial charge in [-0.1, -0.05) is 31.5 Å². The fraction of sp³-hybridized carbons (Fsp3) is 0.526. The van der Waals surface area contributed by atoms with Crippen LogP contribution in [-0.2, 0) is 0 Å². The second-order valence-electron chi connectivity index (χ2n) is 6.39. The largest absolute Gasteiger partial charge is 0.341 e. The van der Waals surface area contributed by atoms with Gasteiger partial charge in [-0.15, -0.1) is 0 Å². The van der Waals surface area contributed by atoms with Gasteiger partial charge in [0.05, 0.1) is 0 Å². The number of aryl methyl sites for hydroxylation is 4. The number of rotatable bonds is 7. The molecule has 0 aliphatic heterocycles. The average Bonchev–Trinajstić information content (AvgIpc) is 2.50. The average molecular weight is 327 g/mol. The molecule has 5 nitrogen and oxygen atoms in total. The Balaban J connectivity index is 2.35. The van der Waals surface area contributed by atoms with Crippen molar-refractivity contribution in [3.8, 4) is 0 Å². The first-order chi connectivity index (χ1) is 11.4. The number of anilines is 3. The molecular weight excluding hydrogens is 298 g/mol. The van der Waals surface area contributed by atoms with E-state index < -0.39 is 0 Å². The normalized spacial score (nSPS) is 10.8. The van der Waals surface area contributed by atoms with Crippen molar-refractivity contribution in [3.05, 3.63) is 34.6 Å². The predicted octanol–water partition coefficient (Wildman–Crippen LogP) is 4.48. The zero-order chi connectivity index (χ0) is 17.7. The van der Waals surface area contributed by atoms with E-state index in [9.17, 15) is 0 Å². The number of hydrogen-bond acceptors (Lipinski definition) is 5. The molecule has 0 saturated heterocycles. The minimum atomic E-state index is 0.616. The molecule has 1 heterocycles. The van der Waals surface area contributed by atoms with Gasteiger partial charge >= 0.3 is 0 Å². The van der Waals surface area contributed by atoms with E-state index in [1.54, 1.807) is 0 Å². The maximum Gasteiger partial charge on any atom is 0.232 e. The van der Waals surface area contributed by atoms with Gasteiger partial charge in [-0.3, -0.25) is 0 Å². The molecule has 0 aliphatic carbocycles. The van der Waals surface area contributed by atoms with Crippen molar-refractivity contribution >= 4 is 17.6 Å². The second kappa shape index (κ2) is 8.08. The molecule has 2 rings (SSSR count). The first kappa shape index (κ1) is 18.2. The molecule has 130 valence electrons. The molecule has 0 amide bonds. The maximum absolute atomic E-state index is 4.66. The minimum Gasteiger partial charge on any atom is -0.341 e. The Morgan fingerprint density at radius 3 is 2.00 bits per heavy atom. The van der Waals surface area contributed by atoms with Crippen LogP contribution >= 0.6 is 0 Å². The number of aromatic nitrogens is 3. The van der Waals surface area contributed by atoms with Crippen molar-refractivity contribution in [2.75, 3.05) is 23.3 Å². The Labute approximate surface area is 145 Å². The zero-order valence-corrected chi connectivity index (χ0v) is 15.8. The third-order valence-corrected chi connectivity index (χ3v) is 3.92. The highest BCUT2D eigenvalue weighted by Gasteiger charge is 2.12. The van der Waals surface area contributed by atoms with Crippen LogP contribution in [0.4, 0.5) is 17.6 Å². The van der Waals surface area contributed by atoms with Gasteiger partial charge < -0.3 is 10.2 Å². The standard InChI is InChI=1S/C19H29N5/c1-7-9-24(10-8-2)19-21-16(6)20-18(23-19)22-17-14(4)11-13(3)12-15(17)5/h11-12H,7-10H2,1-6H3,(H,20,21,22,23). The van der Waals surface area contributed by atoms with Crippen LogP contribution in [0.5, 0.6) is 0 Å². The molecule has 0 fully saturated rings. The Bertz CT molecular complexity index is 667. The Morgan fingerprint density at radius 1 is 0.875 bits per heavy atom. The van der Waals surface area contributed by atoms with Gasteiger partial charge in [0.1, 0.15) is 5.82 Å². The summed E-state index contributed by atoms with van der Waals surface area (Å²) in [6.45, 7) is 14.5. The lowest BCUT2D eigenvalue weighted by molar-refractivity contribution is 0.715. The van der Waals surface area contributed by atoms with Gasteiger partial charge in [-0.2, -0.15) is 15.0 Å². The Hall–Kier alpha value is -2.17. The van der Waals surface area contributed by atoms with Crippen LogP contribution in [0.1, 0.15) is 49.2 Å². The van der Waals surface area contributed by atoms with E-state index in [0.717, 1.165) is 43.4 Å². The molecular formula is C19H29N5. The van der Waals surface area contributed by atoms with Crippen LogP contribution in [0.25, 0.3) is 0 Å². The molecule has 0 saturated carbocycles. The third-order valence-electron chi connectivity index (χ3n) is 3.92. The molecule has 24 heavy (non-hydrogen) atoms. The van der Waals surface area contributed by atoms with Crippen LogP contribution in [0.2, 0.25) is 0 Å². The summed E-state index contributed by atoms with van der Waals surface area (Å²) in [5.74, 6) is 2.11. The van der Waals surface area contributed by atoms with Crippen LogP contribution < -0.4 is 10.2 Å². The summed E-state index contributed by atoms with van der Waals surface area (Å²) in [7, 11) is 0. The fourth-order valence-corrected chi connectivity index (χ4v) is 3.01. The lowest BCUT2D eigenvalue weighted by atomic mass is 10.1. The lowest BCUT2D eigenvalue weighted by Gasteiger charge is -2.22. The van der Waals surface area contributed by atoms with Gasteiger partial charge in [0.2, 0.25) is 11.9 Å². The van der Waals surface area contributed by atoms with Gasteiger partial charge in [-0.05, 0) is 51.7 Å². The molecule has 0 bridgehead atoms. The van der Waals surface area contributed by atoms with Crippen LogP contribution in [0, 0.1) is 27.7 Å². The molecule has 1 aromatic heterocycles. The molecule has 1 aromatic carbocycles. The zero-order valence-electron chi connectivity index (χ0n) is 15.8. The van der Waals surface area contributed by atoms with Crippen molar-refractivity contribution in [1.82, 2.24) is 15.0 Å². The first-order valence-corrected chi connectivity index (χ1v) is 8.77. The van der Waals surface area contributed by atoms with E-state index in [0.29, 0.717) is 5.95 Å². The molecule has 1 N–H and O–H groups in total. The highest BCUT2D eigenvalue weighted by molar-refractivity contribution is 5.64. The molecule has 2 aromatic rings. The smallest absolute Gasteiger partial charge is 0.232 e. The number of benzene rings is 1. The summed E-state index contributed by atoms with van der Waals surface area (Å²) in [5.41, 5.74) is 4.74. The molecule has 0 spiro atoms. The maximum atomic E-state index is 4.66. The van der Waals surface area contributed by atoms with E-state index >= 15 is 0 Å². The SMILES string of the molecule is CCCN(CCC)c1nc(C)nc(Nc2c(C)cc(C)cc2C)n1. The summed E-state index contributed by atoms with van der Waals surface area (Å²) in [6.07, 6.45) is 2.15.